The molecule has 1 saturated heterocycles. The van der Waals surface area contributed by atoms with Crippen LogP contribution in [0.5, 0.6) is 0 Å². The number of benzene rings is 1. The third-order valence-corrected chi connectivity index (χ3v) is 3.58. The molecule has 0 aromatic heterocycles. The second kappa shape index (κ2) is 5.39. The van der Waals surface area contributed by atoms with E-state index in [1.54, 1.807) is 0 Å². The summed E-state index contributed by atoms with van der Waals surface area (Å²) in [7, 11) is 0. The molecule has 0 spiro atoms. The van der Waals surface area contributed by atoms with Crippen LogP contribution in [0.25, 0.3) is 0 Å². The Balaban J connectivity index is 1.89. The van der Waals surface area contributed by atoms with E-state index in [0.717, 1.165) is 34.6 Å². The highest BCUT2D eigenvalue weighted by Gasteiger charge is 2.21. The molecule has 0 bridgehead atoms. The average Bonchev–Trinajstić information content (AvgIpc) is 2.63. The molecule has 2 atom stereocenters. The van der Waals surface area contributed by atoms with Crippen LogP contribution in [-0.2, 0) is 4.74 Å². The van der Waals surface area contributed by atoms with Gasteiger partial charge in [0.2, 0.25) is 0 Å². The van der Waals surface area contributed by atoms with Crippen LogP contribution in [0.2, 0.25) is 5.02 Å². The van der Waals surface area contributed by atoms with E-state index in [1.807, 2.05) is 18.2 Å². The lowest BCUT2D eigenvalue weighted by Crippen LogP contribution is -2.19. The topological polar surface area (TPSA) is 21.3 Å². The number of hydrogen-bond donors (Lipinski definition) is 1. The van der Waals surface area contributed by atoms with Crippen molar-refractivity contribution in [3.8, 4) is 0 Å². The number of ether oxygens (including phenoxy) is 1. The molecule has 1 heterocycles. The molecule has 0 saturated carbocycles. The standard InChI is InChI=1S/C12H15BrClNO/c1-8-2-4-10(16-8)7-15-12-5-3-9(13)6-11(12)14/h3,5-6,8,10,15H,2,4,7H2,1H3. The lowest BCUT2D eigenvalue weighted by Gasteiger charge is -2.14. The van der Waals surface area contributed by atoms with Gasteiger partial charge in [-0.2, -0.15) is 0 Å². The van der Waals surface area contributed by atoms with E-state index in [9.17, 15) is 0 Å². The van der Waals surface area contributed by atoms with Gasteiger partial charge in [0, 0.05) is 11.0 Å². The zero-order chi connectivity index (χ0) is 11.5. The van der Waals surface area contributed by atoms with E-state index in [4.69, 9.17) is 16.3 Å². The fraction of sp³-hybridized carbons (Fsp3) is 0.500. The molecule has 1 aromatic rings. The molecule has 0 radical (unpaired) electrons. The van der Waals surface area contributed by atoms with Gasteiger partial charge >= 0.3 is 0 Å². The van der Waals surface area contributed by atoms with Crippen LogP contribution in [0.15, 0.2) is 22.7 Å². The van der Waals surface area contributed by atoms with Crippen LogP contribution in [0, 0.1) is 0 Å². The Kier molecular flexibility index (Phi) is 4.11. The Morgan fingerprint density at radius 3 is 2.94 bits per heavy atom. The summed E-state index contributed by atoms with van der Waals surface area (Å²) in [5, 5.41) is 4.06. The Bertz CT molecular complexity index is 372. The van der Waals surface area contributed by atoms with E-state index in [-0.39, 0.29) is 0 Å². The maximum absolute atomic E-state index is 6.11. The molecule has 0 amide bonds. The van der Waals surface area contributed by atoms with E-state index in [0.29, 0.717) is 12.2 Å². The Morgan fingerprint density at radius 2 is 2.31 bits per heavy atom. The third-order valence-electron chi connectivity index (χ3n) is 2.77. The number of rotatable bonds is 3. The lowest BCUT2D eigenvalue weighted by molar-refractivity contribution is 0.0637. The molecule has 2 rings (SSSR count). The molecule has 88 valence electrons. The van der Waals surface area contributed by atoms with Crippen LogP contribution in [0.1, 0.15) is 19.8 Å². The molecule has 4 heteroatoms. The van der Waals surface area contributed by atoms with Gasteiger partial charge in [-0.1, -0.05) is 27.5 Å². The average molecular weight is 305 g/mol. The molecule has 1 N–H and O–H groups in total. The predicted molar refractivity (Wildman–Crippen MR) is 71.2 cm³/mol. The summed E-state index contributed by atoms with van der Waals surface area (Å²) in [6.07, 6.45) is 2.99. The van der Waals surface area contributed by atoms with Gasteiger partial charge in [-0.25, -0.2) is 0 Å². The van der Waals surface area contributed by atoms with Crippen LogP contribution in [-0.4, -0.2) is 18.8 Å². The van der Waals surface area contributed by atoms with Gasteiger partial charge in [0.05, 0.1) is 22.9 Å². The van der Waals surface area contributed by atoms with Gasteiger partial charge in [0.15, 0.2) is 0 Å². The van der Waals surface area contributed by atoms with Crippen molar-refractivity contribution in [2.75, 3.05) is 11.9 Å². The van der Waals surface area contributed by atoms with E-state index >= 15 is 0 Å². The van der Waals surface area contributed by atoms with Crippen molar-refractivity contribution in [2.24, 2.45) is 0 Å². The van der Waals surface area contributed by atoms with Crippen LogP contribution in [0.4, 0.5) is 5.69 Å². The van der Waals surface area contributed by atoms with Crippen molar-refractivity contribution < 1.29 is 4.74 Å². The van der Waals surface area contributed by atoms with Gasteiger partial charge in [0.1, 0.15) is 0 Å². The second-order valence-electron chi connectivity index (χ2n) is 4.15. The fourth-order valence-electron chi connectivity index (χ4n) is 1.89. The maximum Gasteiger partial charge on any atom is 0.0751 e. The fourth-order valence-corrected chi connectivity index (χ4v) is 2.63. The van der Waals surface area contributed by atoms with Gasteiger partial charge in [-0.15, -0.1) is 0 Å². The molecular weight excluding hydrogens is 289 g/mol. The third kappa shape index (κ3) is 3.12. The molecular formula is C12H15BrClNO. The smallest absolute Gasteiger partial charge is 0.0751 e. The van der Waals surface area contributed by atoms with Gasteiger partial charge < -0.3 is 10.1 Å². The Labute approximate surface area is 109 Å². The molecule has 0 aliphatic carbocycles. The molecule has 1 fully saturated rings. The zero-order valence-electron chi connectivity index (χ0n) is 9.17. The van der Waals surface area contributed by atoms with Crippen molar-refractivity contribution in [1.29, 1.82) is 0 Å². The highest BCUT2D eigenvalue weighted by molar-refractivity contribution is 9.10. The van der Waals surface area contributed by atoms with Crippen molar-refractivity contribution >= 4 is 33.2 Å². The van der Waals surface area contributed by atoms with Crippen LogP contribution < -0.4 is 5.32 Å². The van der Waals surface area contributed by atoms with E-state index in [1.165, 1.54) is 0 Å². The highest BCUT2D eigenvalue weighted by atomic mass is 79.9. The number of anilines is 1. The first-order valence-electron chi connectivity index (χ1n) is 5.49. The SMILES string of the molecule is CC1CCC(CNc2ccc(Br)cc2Cl)O1. The van der Waals surface area contributed by atoms with Crippen molar-refractivity contribution in [3.63, 3.8) is 0 Å². The highest BCUT2D eigenvalue weighted by Crippen LogP contribution is 2.26. The van der Waals surface area contributed by atoms with Gasteiger partial charge in [0.25, 0.3) is 0 Å². The quantitative estimate of drug-likeness (QED) is 0.908. The normalized spacial score (nSPS) is 24.7. The number of hydrogen-bond acceptors (Lipinski definition) is 2. The molecule has 2 unspecified atom stereocenters. The predicted octanol–water partition coefficient (Wildman–Crippen LogP) is 4.08. The molecule has 1 aliphatic heterocycles. The first-order valence-corrected chi connectivity index (χ1v) is 6.66. The van der Waals surface area contributed by atoms with E-state index < -0.39 is 0 Å². The number of halogens is 2. The first kappa shape index (κ1) is 12.2. The number of nitrogens with one attached hydrogen (secondary N) is 1. The minimum absolute atomic E-state index is 0.315. The van der Waals surface area contributed by atoms with Gasteiger partial charge in [-0.05, 0) is 38.0 Å². The van der Waals surface area contributed by atoms with Crippen molar-refractivity contribution in [1.82, 2.24) is 0 Å². The summed E-state index contributed by atoms with van der Waals surface area (Å²) in [6, 6.07) is 5.85. The molecule has 2 nitrogen and oxygen atoms in total. The van der Waals surface area contributed by atoms with Crippen LogP contribution >= 0.6 is 27.5 Å². The van der Waals surface area contributed by atoms with Crippen molar-refractivity contribution in [2.45, 2.75) is 32.0 Å². The largest absolute Gasteiger partial charge is 0.381 e. The summed E-state index contributed by atoms with van der Waals surface area (Å²) in [6.45, 7) is 2.94. The Hall–Kier alpha value is -0.250. The summed E-state index contributed by atoms with van der Waals surface area (Å²) < 4.78 is 6.73. The van der Waals surface area contributed by atoms with Crippen LogP contribution in [0.3, 0.4) is 0 Å². The summed E-state index contributed by atoms with van der Waals surface area (Å²) in [5.41, 5.74) is 0.966. The van der Waals surface area contributed by atoms with Crippen molar-refractivity contribution in [3.05, 3.63) is 27.7 Å². The molecule has 1 aliphatic rings. The summed E-state index contributed by atoms with van der Waals surface area (Å²) >= 11 is 9.49. The lowest BCUT2D eigenvalue weighted by atomic mass is 10.2. The van der Waals surface area contributed by atoms with Gasteiger partial charge in [-0.3, -0.25) is 0 Å². The minimum atomic E-state index is 0.315. The summed E-state index contributed by atoms with van der Waals surface area (Å²) in [4.78, 5) is 0. The summed E-state index contributed by atoms with van der Waals surface area (Å²) in [5.74, 6) is 0. The minimum Gasteiger partial charge on any atom is -0.381 e. The maximum atomic E-state index is 6.11. The molecule has 16 heavy (non-hydrogen) atoms. The zero-order valence-corrected chi connectivity index (χ0v) is 11.5. The monoisotopic (exact) mass is 303 g/mol. The first-order chi connectivity index (χ1) is 7.65. The second-order valence-corrected chi connectivity index (χ2v) is 5.47. The molecule has 1 aromatic carbocycles. The van der Waals surface area contributed by atoms with E-state index in [2.05, 4.69) is 28.2 Å². The Morgan fingerprint density at radius 1 is 1.50 bits per heavy atom.